The minimum absolute atomic E-state index is 0.326. The Labute approximate surface area is 97.4 Å². The molecule has 0 fully saturated rings. The molecule has 0 aliphatic carbocycles. The van der Waals surface area contributed by atoms with Crippen LogP contribution in [0.3, 0.4) is 0 Å². The fourth-order valence-corrected chi connectivity index (χ4v) is 1.50. The van der Waals surface area contributed by atoms with E-state index in [9.17, 15) is 13.2 Å². The van der Waals surface area contributed by atoms with Gasteiger partial charge in [0.15, 0.2) is 0 Å². The first-order valence-corrected chi connectivity index (χ1v) is 4.91. The molecule has 0 spiro atoms. The zero-order valence-corrected chi connectivity index (χ0v) is 9.58. The minimum atomic E-state index is -4.43. The Kier molecular flexibility index (Phi) is 3.25. The Morgan fingerprint density at radius 2 is 1.81 bits per heavy atom. The first-order valence-electron chi connectivity index (χ1n) is 4.53. The summed E-state index contributed by atoms with van der Waals surface area (Å²) in [5.41, 5.74) is -0.882. The molecule has 0 bridgehead atoms. The van der Waals surface area contributed by atoms with Crippen molar-refractivity contribution < 1.29 is 13.2 Å². The first-order chi connectivity index (χ1) is 7.18. The minimum Gasteiger partial charge on any atom is -0.166 e. The van der Waals surface area contributed by atoms with E-state index in [0.29, 0.717) is 5.56 Å². The van der Waals surface area contributed by atoms with E-state index in [1.165, 1.54) is 12.1 Å². The van der Waals surface area contributed by atoms with E-state index in [1.54, 1.807) is 13.8 Å². The molecule has 1 aromatic carbocycles. The Hall–Kier alpha value is -1.14. The summed E-state index contributed by atoms with van der Waals surface area (Å²) in [6, 6.07) is 3.58. The van der Waals surface area contributed by atoms with Gasteiger partial charge in [-0.2, -0.15) is 13.2 Å². The molecule has 1 aromatic rings. The molecule has 0 nitrogen and oxygen atoms in total. The molecule has 0 heterocycles. The summed E-state index contributed by atoms with van der Waals surface area (Å²) < 4.78 is 37.3. The van der Waals surface area contributed by atoms with Gasteiger partial charge in [0.25, 0.3) is 0 Å². The van der Waals surface area contributed by atoms with E-state index in [0.717, 1.165) is 6.07 Å². The summed E-state index contributed by atoms with van der Waals surface area (Å²) in [4.78, 5) is 0. The van der Waals surface area contributed by atoms with Crippen molar-refractivity contribution in [2.24, 2.45) is 0 Å². The average Bonchev–Trinajstić information content (AvgIpc) is 2.15. The highest BCUT2D eigenvalue weighted by atomic mass is 35.5. The largest absolute Gasteiger partial charge is 0.417 e. The van der Waals surface area contributed by atoms with Crippen molar-refractivity contribution in [2.75, 3.05) is 0 Å². The first kappa shape index (κ1) is 12.9. The second-order valence-electron chi connectivity index (χ2n) is 3.96. The molecule has 0 aromatic heterocycles. The molecule has 4 heteroatoms. The van der Waals surface area contributed by atoms with E-state index in [1.807, 2.05) is 0 Å². The third-order valence-electron chi connectivity index (χ3n) is 2.36. The standard InChI is InChI=1S/C12H10ClF3/c1-4-11(2,3)8-5-6-9(10(13)7-8)12(14,15)16/h1,5-7H,2-3H3. The summed E-state index contributed by atoms with van der Waals surface area (Å²) in [7, 11) is 0. The molecule has 0 saturated carbocycles. The predicted octanol–water partition coefficient (Wildman–Crippen LogP) is 4.27. The number of hydrogen-bond donors (Lipinski definition) is 0. The van der Waals surface area contributed by atoms with Crippen LogP contribution < -0.4 is 0 Å². The fraction of sp³-hybridized carbons (Fsp3) is 0.333. The van der Waals surface area contributed by atoms with Gasteiger partial charge in [-0.3, -0.25) is 0 Å². The topological polar surface area (TPSA) is 0 Å². The summed E-state index contributed by atoms with van der Waals surface area (Å²) in [6.07, 6.45) is 0.862. The van der Waals surface area contributed by atoms with Crippen LogP contribution in [0, 0.1) is 12.3 Å². The van der Waals surface area contributed by atoms with Crippen molar-refractivity contribution in [3.8, 4) is 12.3 Å². The van der Waals surface area contributed by atoms with Crippen molar-refractivity contribution in [1.82, 2.24) is 0 Å². The van der Waals surface area contributed by atoms with Crippen molar-refractivity contribution in [3.05, 3.63) is 34.3 Å². The van der Waals surface area contributed by atoms with Crippen LogP contribution in [-0.2, 0) is 11.6 Å². The van der Waals surface area contributed by atoms with Crippen LogP contribution in [0.15, 0.2) is 18.2 Å². The predicted molar refractivity (Wildman–Crippen MR) is 58.3 cm³/mol. The monoisotopic (exact) mass is 246 g/mol. The molecule has 16 heavy (non-hydrogen) atoms. The van der Waals surface area contributed by atoms with E-state index in [-0.39, 0.29) is 5.02 Å². The van der Waals surface area contributed by atoms with E-state index < -0.39 is 17.2 Å². The highest BCUT2D eigenvalue weighted by Gasteiger charge is 2.33. The summed E-state index contributed by atoms with van der Waals surface area (Å²) in [6.45, 7) is 3.48. The van der Waals surface area contributed by atoms with Crippen molar-refractivity contribution in [2.45, 2.75) is 25.4 Å². The smallest absolute Gasteiger partial charge is 0.166 e. The van der Waals surface area contributed by atoms with Gasteiger partial charge in [-0.25, -0.2) is 0 Å². The zero-order valence-electron chi connectivity index (χ0n) is 8.82. The molecule has 0 radical (unpaired) electrons. The van der Waals surface area contributed by atoms with Gasteiger partial charge in [-0.05, 0) is 31.5 Å². The third kappa shape index (κ3) is 2.51. The molecule has 1 rings (SSSR count). The molecule has 0 unspecified atom stereocenters. The number of rotatable bonds is 1. The van der Waals surface area contributed by atoms with Crippen LogP contribution in [0.4, 0.5) is 13.2 Å². The molecular formula is C12H10ClF3. The second kappa shape index (κ2) is 4.03. The van der Waals surface area contributed by atoms with Crippen LogP contribution in [-0.4, -0.2) is 0 Å². The number of benzene rings is 1. The van der Waals surface area contributed by atoms with Gasteiger partial charge < -0.3 is 0 Å². The number of terminal acetylenes is 1. The SMILES string of the molecule is C#CC(C)(C)c1ccc(C(F)(F)F)c(Cl)c1. The van der Waals surface area contributed by atoms with Crippen molar-refractivity contribution in [1.29, 1.82) is 0 Å². The van der Waals surface area contributed by atoms with Crippen LogP contribution in [0.25, 0.3) is 0 Å². The lowest BCUT2D eigenvalue weighted by Gasteiger charge is -2.19. The zero-order chi connectivity index (χ0) is 12.6. The Morgan fingerprint density at radius 3 is 2.19 bits per heavy atom. The molecule has 0 saturated heterocycles. The molecule has 0 N–H and O–H groups in total. The van der Waals surface area contributed by atoms with E-state index in [2.05, 4.69) is 5.92 Å². The van der Waals surface area contributed by atoms with Gasteiger partial charge in [0.2, 0.25) is 0 Å². The van der Waals surface area contributed by atoms with E-state index >= 15 is 0 Å². The Morgan fingerprint density at radius 1 is 1.25 bits per heavy atom. The highest BCUT2D eigenvalue weighted by Crippen LogP contribution is 2.36. The lowest BCUT2D eigenvalue weighted by molar-refractivity contribution is -0.137. The van der Waals surface area contributed by atoms with Gasteiger partial charge in [0.05, 0.1) is 16.0 Å². The lowest BCUT2D eigenvalue weighted by Crippen LogP contribution is -2.15. The molecule has 0 aliphatic rings. The number of alkyl halides is 3. The van der Waals surface area contributed by atoms with Gasteiger partial charge in [-0.15, -0.1) is 6.42 Å². The fourth-order valence-electron chi connectivity index (χ4n) is 1.22. The molecule has 0 atom stereocenters. The molecule has 0 amide bonds. The summed E-state index contributed by atoms with van der Waals surface area (Å²) in [5.74, 6) is 2.50. The number of halogens is 4. The van der Waals surface area contributed by atoms with Gasteiger partial charge >= 0.3 is 6.18 Å². The molecule has 86 valence electrons. The molecular weight excluding hydrogens is 237 g/mol. The van der Waals surface area contributed by atoms with E-state index in [4.69, 9.17) is 18.0 Å². The van der Waals surface area contributed by atoms with Gasteiger partial charge in [0.1, 0.15) is 0 Å². The van der Waals surface area contributed by atoms with Crippen molar-refractivity contribution >= 4 is 11.6 Å². The van der Waals surface area contributed by atoms with Gasteiger partial charge in [0, 0.05) is 0 Å². The summed E-state index contributed by atoms with van der Waals surface area (Å²) in [5, 5.41) is -0.326. The maximum Gasteiger partial charge on any atom is 0.417 e. The quantitative estimate of drug-likeness (QED) is 0.649. The van der Waals surface area contributed by atoms with Crippen LogP contribution in [0.5, 0.6) is 0 Å². The van der Waals surface area contributed by atoms with Crippen LogP contribution in [0.2, 0.25) is 5.02 Å². The van der Waals surface area contributed by atoms with Crippen LogP contribution >= 0.6 is 11.6 Å². The maximum atomic E-state index is 12.4. The van der Waals surface area contributed by atoms with Crippen LogP contribution in [0.1, 0.15) is 25.0 Å². The Bertz CT molecular complexity index is 439. The highest BCUT2D eigenvalue weighted by molar-refractivity contribution is 6.31. The second-order valence-corrected chi connectivity index (χ2v) is 4.37. The van der Waals surface area contributed by atoms with Gasteiger partial charge in [-0.1, -0.05) is 23.6 Å². The maximum absolute atomic E-state index is 12.4. The Balaban J connectivity index is 3.26. The third-order valence-corrected chi connectivity index (χ3v) is 2.67. The summed E-state index contributed by atoms with van der Waals surface area (Å²) >= 11 is 5.59. The lowest BCUT2D eigenvalue weighted by atomic mass is 9.85. The number of hydrogen-bond acceptors (Lipinski definition) is 0. The van der Waals surface area contributed by atoms with Crippen molar-refractivity contribution in [3.63, 3.8) is 0 Å². The average molecular weight is 247 g/mol. The normalized spacial score (nSPS) is 12.3. The molecule has 0 aliphatic heterocycles.